The van der Waals surface area contributed by atoms with E-state index in [1.54, 1.807) is 0 Å². The highest BCUT2D eigenvalue weighted by Gasteiger charge is 2.39. The monoisotopic (exact) mass is 531 g/mol. The SMILES string of the molecule is CSCCC(N)C(=O)NC(CCCN=C(N)N)C(=O)N1CCCC1C(=O)NC(CCC(=O)O)C(=O)O. The minimum absolute atomic E-state index is 0.104. The molecule has 1 aliphatic rings. The average molecular weight is 532 g/mol. The molecule has 3 amide bonds. The van der Waals surface area contributed by atoms with Gasteiger partial charge in [0.2, 0.25) is 17.7 Å². The van der Waals surface area contributed by atoms with Crippen LogP contribution in [0.25, 0.3) is 0 Å². The predicted molar refractivity (Wildman–Crippen MR) is 134 cm³/mol. The number of amides is 3. The topological polar surface area (TPSA) is 244 Å². The van der Waals surface area contributed by atoms with Gasteiger partial charge < -0.3 is 42.9 Å². The van der Waals surface area contributed by atoms with Crippen LogP contribution < -0.4 is 27.8 Å². The van der Waals surface area contributed by atoms with E-state index in [9.17, 15) is 29.1 Å². The second-order valence-electron chi connectivity index (χ2n) is 8.42. The zero-order chi connectivity index (χ0) is 27.3. The van der Waals surface area contributed by atoms with E-state index in [-0.39, 0.29) is 31.9 Å². The van der Waals surface area contributed by atoms with Crippen molar-refractivity contribution in [3.05, 3.63) is 0 Å². The van der Waals surface area contributed by atoms with E-state index in [4.69, 9.17) is 22.3 Å². The van der Waals surface area contributed by atoms with Gasteiger partial charge in [-0.3, -0.25) is 24.2 Å². The van der Waals surface area contributed by atoms with E-state index < -0.39 is 60.2 Å². The summed E-state index contributed by atoms with van der Waals surface area (Å²) >= 11 is 1.54. The molecule has 0 aromatic carbocycles. The highest BCUT2D eigenvalue weighted by atomic mass is 32.2. The molecule has 0 spiro atoms. The molecule has 0 bridgehead atoms. The molecule has 1 saturated heterocycles. The Bertz CT molecular complexity index is 822. The van der Waals surface area contributed by atoms with Crippen LogP contribution in [0.15, 0.2) is 4.99 Å². The van der Waals surface area contributed by atoms with Crippen molar-refractivity contribution in [3.8, 4) is 0 Å². The molecule has 1 aliphatic heterocycles. The van der Waals surface area contributed by atoms with Gasteiger partial charge in [-0.15, -0.1) is 0 Å². The zero-order valence-electron chi connectivity index (χ0n) is 20.4. The molecule has 10 N–H and O–H groups in total. The summed E-state index contributed by atoms with van der Waals surface area (Å²) in [6.45, 7) is 0.469. The molecular formula is C21H37N7O7S. The third-order valence-electron chi connectivity index (χ3n) is 5.63. The highest BCUT2D eigenvalue weighted by Crippen LogP contribution is 2.20. The van der Waals surface area contributed by atoms with Gasteiger partial charge in [0, 0.05) is 19.5 Å². The number of carboxylic acids is 2. The minimum atomic E-state index is -1.41. The molecule has 15 heteroatoms. The van der Waals surface area contributed by atoms with E-state index in [0.717, 1.165) is 0 Å². The number of hydrogen-bond donors (Lipinski definition) is 7. The second-order valence-corrected chi connectivity index (χ2v) is 9.41. The maximum atomic E-state index is 13.4. The van der Waals surface area contributed by atoms with Gasteiger partial charge in [0.25, 0.3) is 0 Å². The minimum Gasteiger partial charge on any atom is -0.481 e. The van der Waals surface area contributed by atoms with Crippen LogP contribution in [-0.4, -0.2) is 100.0 Å². The van der Waals surface area contributed by atoms with Crippen LogP contribution in [0.2, 0.25) is 0 Å². The maximum Gasteiger partial charge on any atom is 0.326 e. The number of nitrogens with one attached hydrogen (secondary N) is 2. The lowest BCUT2D eigenvalue weighted by atomic mass is 10.1. The van der Waals surface area contributed by atoms with Crippen molar-refractivity contribution in [1.29, 1.82) is 0 Å². The van der Waals surface area contributed by atoms with Gasteiger partial charge in [-0.2, -0.15) is 11.8 Å². The predicted octanol–water partition coefficient (Wildman–Crippen LogP) is -1.97. The molecule has 4 unspecified atom stereocenters. The number of rotatable bonds is 16. The summed E-state index contributed by atoms with van der Waals surface area (Å²) < 4.78 is 0. The number of carbonyl (C=O) groups excluding carboxylic acids is 3. The number of aliphatic carboxylic acids is 2. The second kappa shape index (κ2) is 15.8. The van der Waals surface area contributed by atoms with Crippen LogP contribution in [0, 0.1) is 0 Å². The number of nitrogens with two attached hydrogens (primary N) is 3. The lowest BCUT2D eigenvalue weighted by Crippen LogP contribution is -2.56. The molecule has 0 aromatic rings. The Labute approximate surface area is 213 Å². The molecule has 204 valence electrons. The van der Waals surface area contributed by atoms with Crippen LogP contribution >= 0.6 is 11.8 Å². The van der Waals surface area contributed by atoms with Crippen LogP contribution in [-0.2, 0) is 24.0 Å². The van der Waals surface area contributed by atoms with E-state index in [2.05, 4.69) is 15.6 Å². The number of carbonyl (C=O) groups is 5. The fraction of sp³-hybridized carbons (Fsp3) is 0.714. The van der Waals surface area contributed by atoms with Crippen LogP contribution in [0.4, 0.5) is 0 Å². The number of hydrogen-bond acceptors (Lipinski definition) is 8. The number of guanidine groups is 1. The zero-order valence-corrected chi connectivity index (χ0v) is 21.2. The third-order valence-corrected chi connectivity index (χ3v) is 6.27. The first-order valence-corrected chi connectivity index (χ1v) is 13.0. The molecule has 0 radical (unpaired) electrons. The van der Waals surface area contributed by atoms with Gasteiger partial charge in [0.05, 0.1) is 6.04 Å². The van der Waals surface area contributed by atoms with E-state index in [1.807, 2.05) is 6.26 Å². The molecule has 0 aromatic heterocycles. The summed E-state index contributed by atoms with van der Waals surface area (Å²) in [5, 5.41) is 23.2. The summed E-state index contributed by atoms with van der Waals surface area (Å²) in [5.74, 6) is -3.69. The summed E-state index contributed by atoms with van der Waals surface area (Å²) in [6.07, 6.45) is 2.93. The summed E-state index contributed by atoms with van der Waals surface area (Å²) in [7, 11) is 0. The average Bonchev–Trinajstić information content (AvgIpc) is 3.30. The normalized spacial score (nSPS) is 17.5. The van der Waals surface area contributed by atoms with Gasteiger partial charge >= 0.3 is 11.9 Å². The maximum absolute atomic E-state index is 13.4. The summed E-state index contributed by atoms with van der Waals surface area (Å²) in [6, 6.07) is -4.15. The molecule has 1 fully saturated rings. The lowest BCUT2D eigenvalue weighted by molar-refractivity contribution is -0.145. The molecule has 0 aliphatic carbocycles. The van der Waals surface area contributed by atoms with Gasteiger partial charge in [-0.05, 0) is 50.5 Å². The van der Waals surface area contributed by atoms with Crippen molar-refractivity contribution in [2.45, 2.75) is 69.1 Å². The van der Waals surface area contributed by atoms with Crippen LogP contribution in [0.5, 0.6) is 0 Å². The quantitative estimate of drug-likeness (QED) is 0.0654. The van der Waals surface area contributed by atoms with Crippen molar-refractivity contribution in [2.75, 3.05) is 25.1 Å². The smallest absolute Gasteiger partial charge is 0.326 e. The molecule has 14 nitrogen and oxygen atoms in total. The van der Waals surface area contributed by atoms with E-state index in [0.29, 0.717) is 31.4 Å². The Morgan fingerprint density at radius 1 is 1.08 bits per heavy atom. The van der Waals surface area contributed by atoms with Gasteiger partial charge in [0.1, 0.15) is 18.1 Å². The Morgan fingerprint density at radius 3 is 2.36 bits per heavy atom. The molecule has 1 rings (SSSR count). The first-order chi connectivity index (χ1) is 17.0. The van der Waals surface area contributed by atoms with E-state index >= 15 is 0 Å². The number of aliphatic imine (C=N–C) groups is 1. The van der Waals surface area contributed by atoms with E-state index in [1.165, 1.54) is 16.7 Å². The number of nitrogens with zero attached hydrogens (tertiary/aromatic N) is 2. The molecule has 4 atom stereocenters. The van der Waals surface area contributed by atoms with Gasteiger partial charge in [-0.25, -0.2) is 4.79 Å². The van der Waals surface area contributed by atoms with Crippen molar-refractivity contribution >= 4 is 47.4 Å². The van der Waals surface area contributed by atoms with Crippen LogP contribution in [0.3, 0.4) is 0 Å². The van der Waals surface area contributed by atoms with Crippen molar-refractivity contribution in [2.24, 2.45) is 22.2 Å². The summed E-state index contributed by atoms with van der Waals surface area (Å²) in [4.78, 5) is 66.3. The Morgan fingerprint density at radius 2 is 1.78 bits per heavy atom. The first-order valence-electron chi connectivity index (χ1n) is 11.6. The number of likely N-dealkylation sites (tertiary alicyclic amines) is 1. The first kappa shape index (κ1) is 31.0. The third kappa shape index (κ3) is 10.7. The number of thioether (sulfide) groups is 1. The fourth-order valence-corrected chi connectivity index (χ4v) is 4.20. The van der Waals surface area contributed by atoms with Crippen LogP contribution in [0.1, 0.15) is 44.9 Å². The Hall–Kier alpha value is -3.07. The Balaban J connectivity index is 2.96. The fourth-order valence-electron chi connectivity index (χ4n) is 3.71. The van der Waals surface area contributed by atoms with Gasteiger partial charge in [0.15, 0.2) is 5.96 Å². The Kier molecular flexibility index (Phi) is 13.6. The largest absolute Gasteiger partial charge is 0.481 e. The van der Waals surface area contributed by atoms with Gasteiger partial charge in [-0.1, -0.05) is 0 Å². The number of carboxylic acid groups (broad SMARTS) is 2. The summed E-state index contributed by atoms with van der Waals surface area (Å²) in [5.41, 5.74) is 16.6. The molecule has 36 heavy (non-hydrogen) atoms. The van der Waals surface area contributed by atoms with Crippen molar-refractivity contribution in [1.82, 2.24) is 15.5 Å². The van der Waals surface area contributed by atoms with Crippen molar-refractivity contribution < 1.29 is 34.2 Å². The lowest BCUT2D eigenvalue weighted by Gasteiger charge is -2.30. The molecule has 1 heterocycles. The highest BCUT2D eigenvalue weighted by molar-refractivity contribution is 7.98. The molecular weight excluding hydrogens is 494 g/mol. The standard InChI is InChI=1S/C21H37N7O7S/c1-36-11-8-12(22)17(31)26-13(4-2-9-25-21(23)24)19(33)28-10-3-5-15(28)18(32)27-14(20(34)35)6-7-16(29)30/h12-15H,2-11,22H2,1H3,(H,26,31)(H,27,32)(H,29,30)(H,34,35)(H4,23,24,25). The molecule has 0 saturated carbocycles. The van der Waals surface area contributed by atoms with Crippen molar-refractivity contribution in [3.63, 3.8) is 0 Å².